The SMILES string of the molecule is C=C(Nc1ccc(C)cc1OC1CCOCC1)/C(C)=C(/C=C\CC)\N=C/C. The van der Waals surface area contributed by atoms with Crippen LogP contribution in [0.15, 0.2) is 58.9 Å². The van der Waals surface area contributed by atoms with Crippen LogP contribution in [0.2, 0.25) is 0 Å². The van der Waals surface area contributed by atoms with Crippen LogP contribution in [0.4, 0.5) is 5.69 Å². The minimum atomic E-state index is 0.193. The van der Waals surface area contributed by atoms with Crippen molar-refractivity contribution in [3.63, 3.8) is 0 Å². The number of benzene rings is 1. The Bertz CT molecular complexity index is 726. The average molecular weight is 369 g/mol. The number of hydrogen-bond donors (Lipinski definition) is 1. The standard InChI is InChI=1S/C23H32N2O2/c1-6-8-9-21(24-7-2)18(4)19(5)25-22-11-10-17(3)16-23(22)27-20-12-14-26-15-13-20/h7-11,16,20,25H,5-6,12-15H2,1-4H3/b9-8-,21-18-,24-7-. The molecular weight excluding hydrogens is 336 g/mol. The molecule has 0 aliphatic carbocycles. The molecule has 4 heteroatoms. The van der Waals surface area contributed by atoms with E-state index in [1.807, 2.05) is 26.0 Å². The van der Waals surface area contributed by atoms with E-state index < -0.39 is 0 Å². The van der Waals surface area contributed by atoms with Crippen molar-refractivity contribution in [2.45, 2.75) is 53.1 Å². The number of hydrogen-bond acceptors (Lipinski definition) is 4. The van der Waals surface area contributed by atoms with Crippen molar-refractivity contribution in [2.75, 3.05) is 18.5 Å². The second-order valence-corrected chi connectivity index (χ2v) is 6.74. The van der Waals surface area contributed by atoms with E-state index in [0.717, 1.165) is 60.9 Å². The first kappa shape index (κ1) is 21.0. The lowest BCUT2D eigenvalue weighted by Gasteiger charge is -2.25. The van der Waals surface area contributed by atoms with Crippen LogP contribution in [0.1, 0.15) is 45.6 Å². The van der Waals surface area contributed by atoms with E-state index in [4.69, 9.17) is 9.47 Å². The molecule has 1 N–H and O–H groups in total. The molecule has 0 bridgehead atoms. The highest BCUT2D eigenvalue weighted by Crippen LogP contribution is 2.31. The zero-order valence-electron chi connectivity index (χ0n) is 17.0. The number of ether oxygens (including phenoxy) is 2. The number of aliphatic imine (C=N–C) groups is 1. The van der Waals surface area contributed by atoms with Gasteiger partial charge in [0.1, 0.15) is 11.9 Å². The molecule has 1 aliphatic heterocycles. The van der Waals surface area contributed by atoms with Gasteiger partial charge in [0.05, 0.1) is 24.6 Å². The van der Waals surface area contributed by atoms with Crippen molar-refractivity contribution >= 4 is 11.9 Å². The van der Waals surface area contributed by atoms with Crippen molar-refractivity contribution in [1.82, 2.24) is 0 Å². The molecule has 2 rings (SSSR count). The first-order chi connectivity index (χ1) is 13.0. The molecule has 146 valence electrons. The molecular formula is C23H32N2O2. The summed E-state index contributed by atoms with van der Waals surface area (Å²) in [6.45, 7) is 13.9. The summed E-state index contributed by atoms with van der Waals surface area (Å²) < 4.78 is 11.7. The highest BCUT2D eigenvalue weighted by molar-refractivity contribution is 5.64. The molecule has 4 nitrogen and oxygen atoms in total. The number of allylic oxidation sites excluding steroid dienone is 3. The highest BCUT2D eigenvalue weighted by atomic mass is 16.5. The molecule has 27 heavy (non-hydrogen) atoms. The molecule has 0 amide bonds. The van der Waals surface area contributed by atoms with E-state index in [0.29, 0.717) is 0 Å². The first-order valence-corrected chi connectivity index (χ1v) is 9.72. The highest BCUT2D eigenvalue weighted by Gasteiger charge is 2.17. The fourth-order valence-electron chi connectivity index (χ4n) is 2.85. The van der Waals surface area contributed by atoms with Crippen LogP contribution >= 0.6 is 0 Å². The molecule has 1 aromatic carbocycles. The summed E-state index contributed by atoms with van der Waals surface area (Å²) >= 11 is 0. The predicted octanol–water partition coefficient (Wildman–Crippen LogP) is 5.81. The van der Waals surface area contributed by atoms with Gasteiger partial charge < -0.3 is 14.8 Å². The summed E-state index contributed by atoms with van der Waals surface area (Å²) in [6, 6.07) is 6.20. The second-order valence-electron chi connectivity index (χ2n) is 6.74. The van der Waals surface area contributed by atoms with Crippen molar-refractivity contribution in [2.24, 2.45) is 4.99 Å². The van der Waals surface area contributed by atoms with Gasteiger partial charge in [0, 0.05) is 24.8 Å². The maximum Gasteiger partial charge on any atom is 0.143 e. The maximum atomic E-state index is 6.28. The van der Waals surface area contributed by atoms with E-state index in [1.165, 1.54) is 5.56 Å². The molecule has 0 atom stereocenters. The molecule has 1 saturated heterocycles. The molecule has 1 aliphatic rings. The summed E-state index contributed by atoms with van der Waals surface area (Å²) in [5.74, 6) is 0.862. The van der Waals surface area contributed by atoms with Gasteiger partial charge in [-0.05, 0) is 56.5 Å². The lowest BCUT2D eigenvalue weighted by atomic mass is 10.1. The molecule has 1 heterocycles. The van der Waals surface area contributed by atoms with Crippen LogP contribution in [0.3, 0.4) is 0 Å². The van der Waals surface area contributed by atoms with Crippen molar-refractivity contribution in [3.05, 3.63) is 59.5 Å². The normalized spacial score (nSPS) is 16.6. The van der Waals surface area contributed by atoms with Gasteiger partial charge in [-0.15, -0.1) is 0 Å². The Labute approximate surface area is 163 Å². The van der Waals surface area contributed by atoms with Gasteiger partial charge >= 0.3 is 0 Å². The largest absolute Gasteiger partial charge is 0.488 e. The first-order valence-electron chi connectivity index (χ1n) is 9.72. The van der Waals surface area contributed by atoms with Crippen LogP contribution < -0.4 is 10.1 Å². The van der Waals surface area contributed by atoms with E-state index in [9.17, 15) is 0 Å². The summed E-state index contributed by atoms with van der Waals surface area (Å²) in [4.78, 5) is 4.48. The molecule has 0 aromatic heterocycles. The molecule has 1 fully saturated rings. The van der Waals surface area contributed by atoms with Crippen molar-refractivity contribution in [3.8, 4) is 5.75 Å². The number of nitrogens with one attached hydrogen (secondary N) is 1. The lowest BCUT2D eigenvalue weighted by Crippen LogP contribution is -2.26. The Morgan fingerprint density at radius 1 is 1.37 bits per heavy atom. The average Bonchev–Trinajstić information content (AvgIpc) is 2.67. The van der Waals surface area contributed by atoms with Gasteiger partial charge in [0.2, 0.25) is 0 Å². The Morgan fingerprint density at radius 2 is 2.11 bits per heavy atom. The molecule has 1 aromatic rings. The zero-order chi connectivity index (χ0) is 19.6. The van der Waals surface area contributed by atoms with Gasteiger partial charge in [-0.2, -0.15) is 0 Å². The fraction of sp³-hybridized carbons (Fsp3) is 0.435. The van der Waals surface area contributed by atoms with Crippen molar-refractivity contribution < 1.29 is 9.47 Å². The topological polar surface area (TPSA) is 42.8 Å². The Balaban J connectivity index is 2.22. The second kappa shape index (κ2) is 10.7. The number of aryl methyl sites for hydroxylation is 1. The molecule has 0 spiro atoms. The lowest BCUT2D eigenvalue weighted by molar-refractivity contribution is 0.0258. The number of rotatable bonds is 8. The third kappa shape index (κ3) is 6.40. The maximum absolute atomic E-state index is 6.28. The van der Waals surface area contributed by atoms with E-state index in [1.54, 1.807) is 6.21 Å². The summed E-state index contributed by atoms with van der Waals surface area (Å²) in [5, 5.41) is 3.43. The predicted molar refractivity (Wildman–Crippen MR) is 115 cm³/mol. The monoisotopic (exact) mass is 368 g/mol. The van der Waals surface area contributed by atoms with Gasteiger partial charge in [-0.3, -0.25) is 4.99 Å². The van der Waals surface area contributed by atoms with Crippen LogP contribution in [0, 0.1) is 6.92 Å². The van der Waals surface area contributed by atoms with E-state index in [-0.39, 0.29) is 6.10 Å². The number of anilines is 1. The summed E-state index contributed by atoms with van der Waals surface area (Å²) in [6.07, 6.45) is 8.95. The van der Waals surface area contributed by atoms with Crippen LogP contribution in [-0.4, -0.2) is 25.5 Å². The zero-order valence-corrected chi connectivity index (χ0v) is 17.0. The quantitative estimate of drug-likeness (QED) is 0.465. The van der Waals surface area contributed by atoms with Gasteiger partial charge in [0.25, 0.3) is 0 Å². The van der Waals surface area contributed by atoms with Crippen LogP contribution in [0.25, 0.3) is 0 Å². The van der Waals surface area contributed by atoms with Gasteiger partial charge in [-0.25, -0.2) is 0 Å². The minimum Gasteiger partial charge on any atom is -0.488 e. The Hall–Kier alpha value is -2.33. The van der Waals surface area contributed by atoms with Crippen LogP contribution in [0.5, 0.6) is 5.75 Å². The van der Waals surface area contributed by atoms with Crippen LogP contribution in [-0.2, 0) is 4.74 Å². The Morgan fingerprint density at radius 3 is 2.78 bits per heavy atom. The van der Waals surface area contributed by atoms with E-state index in [2.05, 4.69) is 48.9 Å². The molecule has 0 radical (unpaired) electrons. The van der Waals surface area contributed by atoms with Crippen molar-refractivity contribution in [1.29, 1.82) is 0 Å². The fourth-order valence-corrected chi connectivity index (χ4v) is 2.85. The third-order valence-corrected chi connectivity index (χ3v) is 4.50. The number of nitrogens with zero attached hydrogens (tertiary/aromatic N) is 1. The minimum absolute atomic E-state index is 0.193. The van der Waals surface area contributed by atoms with Gasteiger partial charge in [-0.1, -0.05) is 25.6 Å². The Kier molecular flexibility index (Phi) is 8.34. The smallest absolute Gasteiger partial charge is 0.143 e. The molecule has 0 unspecified atom stereocenters. The van der Waals surface area contributed by atoms with Gasteiger partial charge in [0.15, 0.2) is 0 Å². The van der Waals surface area contributed by atoms with E-state index >= 15 is 0 Å². The third-order valence-electron chi connectivity index (χ3n) is 4.50. The summed E-state index contributed by atoms with van der Waals surface area (Å²) in [5.41, 5.74) is 4.83. The molecule has 0 saturated carbocycles. The summed E-state index contributed by atoms with van der Waals surface area (Å²) in [7, 11) is 0.